The largest absolute Gasteiger partial charge is 0.379 e. The third-order valence-electron chi connectivity index (χ3n) is 2.13. The summed E-state index contributed by atoms with van der Waals surface area (Å²) in [5.74, 6) is 0.962. The van der Waals surface area contributed by atoms with Crippen LogP contribution in [0.5, 0.6) is 0 Å². The molecule has 0 atom stereocenters. The van der Waals surface area contributed by atoms with Crippen LogP contribution < -0.4 is 5.32 Å². The molecule has 0 spiro atoms. The highest BCUT2D eigenvalue weighted by Crippen LogP contribution is 2.27. The summed E-state index contributed by atoms with van der Waals surface area (Å²) in [5, 5.41) is 3.37. The normalized spacial score (nSPS) is 16.4. The van der Waals surface area contributed by atoms with E-state index in [0.717, 1.165) is 38.9 Å². The molecule has 0 aromatic heterocycles. The van der Waals surface area contributed by atoms with Gasteiger partial charge in [-0.3, -0.25) is 0 Å². The first-order chi connectivity index (χ1) is 6.43. The smallest absolute Gasteiger partial charge is 0.0701 e. The Morgan fingerprint density at radius 2 is 1.92 bits per heavy atom. The summed E-state index contributed by atoms with van der Waals surface area (Å²) in [6, 6.07) is 0. The summed E-state index contributed by atoms with van der Waals surface area (Å²) in [6.07, 6.45) is 2.83. The summed E-state index contributed by atoms with van der Waals surface area (Å²) < 4.78 is 10.5. The van der Waals surface area contributed by atoms with Crippen molar-refractivity contribution in [1.82, 2.24) is 5.32 Å². The lowest BCUT2D eigenvalue weighted by Crippen LogP contribution is -2.22. The first-order valence-electron chi connectivity index (χ1n) is 5.29. The topological polar surface area (TPSA) is 30.5 Å². The number of nitrogens with one attached hydrogen (secondary N) is 1. The van der Waals surface area contributed by atoms with Gasteiger partial charge >= 0.3 is 0 Å². The molecule has 0 bridgehead atoms. The Kier molecular flexibility index (Phi) is 6.15. The maximum Gasteiger partial charge on any atom is 0.0701 e. The van der Waals surface area contributed by atoms with Crippen molar-refractivity contribution in [2.75, 3.05) is 39.5 Å². The Bertz CT molecular complexity index is 115. The average Bonchev–Trinajstić information content (AvgIpc) is 2.93. The van der Waals surface area contributed by atoms with Crippen LogP contribution >= 0.6 is 0 Å². The highest BCUT2D eigenvalue weighted by atomic mass is 16.5. The van der Waals surface area contributed by atoms with Crippen LogP contribution in [0.4, 0.5) is 0 Å². The molecule has 3 nitrogen and oxygen atoms in total. The van der Waals surface area contributed by atoms with Gasteiger partial charge in [-0.2, -0.15) is 0 Å². The summed E-state index contributed by atoms with van der Waals surface area (Å²) in [6.45, 7) is 7.18. The van der Waals surface area contributed by atoms with Crippen LogP contribution in [0.2, 0.25) is 0 Å². The molecule has 1 N–H and O–H groups in total. The van der Waals surface area contributed by atoms with Crippen molar-refractivity contribution in [2.45, 2.75) is 19.8 Å². The van der Waals surface area contributed by atoms with Crippen LogP contribution in [0.3, 0.4) is 0 Å². The highest BCUT2D eigenvalue weighted by Gasteiger charge is 2.19. The van der Waals surface area contributed by atoms with Gasteiger partial charge in [-0.05, 0) is 32.2 Å². The molecule has 0 radical (unpaired) electrons. The second kappa shape index (κ2) is 7.30. The van der Waals surface area contributed by atoms with Gasteiger partial charge in [-0.15, -0.1) is 0 Å². The predicted octanol–water partition coefficient (Wildman–Crippen LogP) is 1.04. The van der Waals surface area contributed by atoms with E-state index in [4.69, 9.17) is 9.47 Å². The molecule has 78 valence electrons. The molecular formula is C10H21NO2. The lowest BCUT2D eigenvalue weighted by atomic mass is 10.4. The average molecular weight is 187 g/mol. The van der Waals surface area contributed by atoms with Crippen molar-refractivity contribution in [3.05, 3.63) is 0 Å². The minimum atomic E-state index is 0.721. The zero-order chi connectivity index (χ0) is 9.36. The van der Waals surface area contributed by atoms with E-state index in [1.807, 2.05) is 6.92 Å². The summed E-state index contributed by atoms with van der Waals surface area (Å²) in [5.41, 5.74) is 0. The number of ether oxygens (including phenoxy) is 2. The lowest BCUT2D eigenvalue weighted by molar-refractivity contribution is 0.0540. The predicted molar refractivity (Wildman–Crippen MR) is 52.9 cm³/mol. The summed E-state index contributed by atoms with van der Waals surface area (Å²) in [4.78, 5) is 0. The second-order valence-electron chi connectivity index (χ2n) is 3.46. The van der Waals surface area contributed by atoms with E-state index in [0.29, 0.717) is 0 Å². The van der Waals surface area contributed by atoms with Crippen LogP contribution in [-0.2, 0) is 9.47 Å². The van der Waals surface area contributed by atoms with Crippen LogP contribution in [0.15, 0.2) is 0 Å². The molecule has 3 heteroatoms. The number of hydrogen-bond donors (Lipinski definition) is 1. The van der Waals surface area contributed by atoms with E-state index in [9.17, 15) is 0 Å². The molecule has 0 aromatic rings. The maximum atomic E-state index is 5.35. The zero-order valence-corrected chi connectivity index (χ0v) is 8.55. The molecule has 1 aliphatic rings. The molecule has 1 rings (SSSR count). The second-order valence-corrected chi connectivity index (χ2v) is 3.46. The summed E-state index contributed by atoms with van der Waals surface area (Å²) in [7, 11) is 0. The zero-order valence-electron chi connectivity index (χ0n) is 8.55. The molecule has 1 fully saturated rings. The molecule has 0 aliphatic heterocycles. The Hall–Kier alpha value is -0.120. The van der Waals surface area contributed by atoms with Crippen molar-refractivity contribution in [2.24, 2.45) is 5.92 Å². The molecule has 0 heterocycles. The van der Waals surface area contributed by atoms with E-state index < -0.39 is 0 Å². The van der Waals surface area contributed by atoms with Crippen LogP contribution in [0, 0.1) is 5.92 Å². The van der Waals surface area contributed by atoms with Gasteiger partial charge in [0.2, 0.25) is 0 Å². The highest BCUT2D eigenvalue weighted by molar-refractivity contribution is 4.74. The fourth-order valence-corrected chi connectivity index (χ4v) is 1.14. The maximum absolute atomic E-state index is 5.35. The monoisotopic (exact) mass is 187 g/mol. The van der Waals surface area contributed by atoms with Gasteiger partial charge in [0, 0.05) is 13.2 Å². The van der Waals surface area contributed by atoms with E-state index in [-0.39, 0.29) is 0 Å². The van der Waals surface area contributed by atoms with Crippen molar-refractivity contribution < 1.29 is 9.47 Å². The van der Waals surface area contributed by atoms with Gasteiger partial charge in [-0.1, -0.05) is 0 Å². The van der Waals surface area contributed by atoms with E-state index in [1.165, 1.54) is 19.4 Å². The molecular weight excluding hydrogens is 166 g/mol. The molecule has 13 heavy (non-hydrogen) atoms. The van der Waals surface area contributed by atoms with Crippen LogP contribution in [-0.4, -0.2) is 39.5 Å². The van der Waals surface area contributed by atoms with E-state index in [2.05, 4.69) is 5.32 Å². The number of hydrogen-bond acceptors (Lipinski definition) is 3. The molecule has 1 aliphatic carbocycles. The fraction of sp³-hybridized carbons (Fsp3) is 1.00. The van der Waals surface area contributed by atoms with E-state index >= 15 is 0 Å². The van der Waals surface area contributed by atoms with Gasteiger partial charge in [-0.25, -0.2) is 0 Å². The van der Waals surface area contributed by atoms with Crippen molar-refractivity contribution in [3.8, 4) is 0 Å². The Morgan fingerprint density at radius 3 is 2.62 bits per heavy atom. The SMILES string of the molecule is CCOCCOCCNCC1CC1. The minimum absolute atomic E-state index is 0.721. The van der Waals surface area contributed by atoms with Gasteiger partial charge in [0.15, 0.2) is 0 Å². The van der Waals surface area contributed by atoms with Gasteiger partial charge in [0.05, 0.1) is 19.8 Å². The molecule has 0 saturated heterocycles. The Labute approximate surface area is 80.8 Å². The van der Waals surface area contributed by atoms with Gasteiger partial charge < -0.3 is 14.8 Å². The lowest BCUT2D eigenvalue weighted by Gasteiger charge is -2.05. The Balaban J connectivity index is 1.63. The van der Waals surface area contributed by atoms with Crippen molar-refractivity contribution >= 4 is 0 Å². The van der Waals surface area contributed by atoms with Crippen LogP contribution in [0.1, 0.15) is 19.8 Å². The van der Waals surface area contributed by atoms with Crippen LogP contribution in [0.25, 0.3) is 0 Å². The third kappa shape index (κ3) is 6.99. The minimum Gasteiger partial charge on any atom is -0.379 e. The Morgan fingerprint density at radius 1 is 1.15 bits per heavy atom. The first kappa shape index (κ1) is 11.0. The third-order valence-corrected chi connectivity index (χ3v) is 2.13. The van der Waals surface area contributed by atoms with Crippen molar-refractivity contribution in [3.63, 3.8) is 0 Å². The molecule has 0 unspecified atom stereocenters. The molecule has 0 aromatic carbocycles. The van der Waals surface area contributed by atoms with Gasteiger partial charge in [0.25, 0.3) is 0 Å². The van der Waals surface area contributed by atoms with Crippen molar-refractivity contribution in [1.29, 1.82) is 0 Å². The fourth-order valence-electron chi connectivity index (χ4n) is 1.14. The van der Waals surface area contributed by atoms with E-state index in [1.54, 1.807) is 0 Å². The quantitative estimate of drug-likeness (QED) is 0.547. The van der Waals surface area contributed by atoms with Gasteiger partial charge in [0.1, 0.15) is 0 Å². The standard InChI is InChI=1S/C10H21NO2/c1-2-12-7-8-13-6-5-11-9-10-3-4-10/h10-11H,2-9H2,1H3. The molecule has 1 saturated carbocycles. The first-order valence-corrected chi connectivity index (χ1v) is 5.29. The summed E-state index contributed by atoms with van der Waals surface area (Å²) >= 11 is 0. The number of rotatable bonds is 9. The molecule has 0 amide bonds.